The van der Waals surface area contributed by atoms with Gasteiger partial charge in [-0.25, -0.2) is 4.98 Å². The van der Waals surface area contributed by atoms with Crippen LogP contribution in [0.1, 0.15) is 44.8 Å². The Morgan fingerprint density at radius 1 is 1.50 bits per heavy atom. The lowest BCUT2D eigenvalue weighted by molar-refractivity contribution is 0.303. The highest BCUT2D eigenvalue weighted by molar-refractivity contribution is 7.80. The summed E-state index contributed by atoms with van der Waals surface area (Å²) in [4.78, 5) is 7.51. The van der Waals surface area contributed by atoms with Gasteiger partial charge in [0.2, 0.25) is 0 Å². The monoisotopic (exact) mass is 285 g/mol. The van der Waals surface area contributed by atoms with E-state index in [1.807, 2.05) is 0 Å². The van der Waals surface area contributed by atoms with Crippen LogP contribution in [0.15, 0.2) is 5.38 Å². The summed E-state index contributed by atoms with van der Waals surface area (Å²) in [6, 6.07) is 0. The molecule has 0 amide bonds. The largest absolute Gasteiger partial charge is 0.392 e. The molecule has 0 aliphatic carbocycles. The lowest BCUT2D eigenvalue weighted by Gasteiger charge is -2.19. The molecule has 102 valence electrons. The number of rotatable bonds is 6. The number of thiocarbonyl (C=S) groups is 1. The Labute approximate surface area is 119 Å². The Morgan fingerprint density at radius 2 is 2.17 bits per heavy atom. The number of nitrogens with two attached hydrogens (primary N) is 1. The van der Waals surface area contributed by atoms with Crippen LogP contribution in [0.4, 0.5) is 0 Å². The van der Waals surface area contributed by atoms with Crippen molar-refractivity contribution in [3.63, 3.8) is 0 Å². The number of hydrogen-bond acceptors (Lipinski definition) is 4. The number of aromatic nitrogens is 1. The fraction of sp³-hybridized carbons (Fsp3) is 0.692. The van der Waals surface area contributed by atoms with E-state index < -0.39 is 0 Å². The number of nitrogens with zero attached hydrogens (tertiary/aromatic N) is 2. The average Bonchev–Trinajstić information content (AvgIpc) is 2.64. The maximum atomic E-state index is 5.62. The first-order valence-electron chi connectivity index (χ1n) is 6.28. The lowest BCUT2D eigenvalue weighted by atomic mass is 9.93. The first-order chi connectivity index (χ1) is 8.32. The van der Waals surface area contributed by atoms with Crippen molar-refractivity contribution in [1.29, 1.82) is 0 Å². The Morgan fingerprint density at radius 3 is 2.61 bits per heavy atom. The lowest BCUT2D eigenvalue weighted by Crippen LogP contribution is -2.32. The van der Waals surface area contributed by atoms with Gasteiger partial charge in [-0.05, 0) is 13.0 Å². The van der Waals surface area contributed by atoms with E-state index in [0.717, 1.165) is 30.2 Å². The second-order valence-electron chi connectivity index (χ2n) is 5.55. The normalized spacial score (nSPS) is 12.1. The van der Waals surface area contributed by atoms with Crippen molar-refractivity contribution in [3.8, 4) is 0 Å². The van der Waals surface area contributed by atoms with Gasteiger partial charge in [-0.3, -0.25) is 4.90 Å². The van der Waals surface area contributed by atoms with Gasteiger partial charge in [0.25, 0.3) is 0 Å². The molecule has 0 bridgehead atoms. The van der Waals surface area contributed by atoms with Crippen LogP contribution in [0.2, 0.25) is 0 Å². The molecule has 1 aromatic heterocycles. The van der Waals surface area contributed by atoms with Crippen LogP contribution in [-0.4, -0.2) is 28.0 Å². The second-order valence-corrected chi connectivity index (χ2v) is 7.02. The summed E-state index contributed by atoms with van der Waals surface area (Å²) in [7, 11) is 0. The van der Waals surface area contributed by atoms with Crippen molar-refractivity contribution in [2.75, 3.05) is 13.1 Å². The molecule has 1 aromatic rings. The van der Waals surface area contributed by atoms with Gasteiger partial charge in [0.15, 0.2) is 0 Å². The molecule has 2 N–H and O–H groups in total. The molecule has 0 fully saturated rings. The fourth-order valence-corrected chi connectivity index (χ4v) is 2.91. The summed E-state index contributed by atoms with van der Waals surface area (Å²) in [6.45, 7) is 11.2. The van der Waals surface area contributed by atoms with Crippen LogP contribution in [0, 0.1) is 0 Å². The number of hydrogen-bond donors (Lipinski definition) is 1. The first-order valence-corrected chi connectivity index (χ1v) is 7.57. The van der Waals surface area contributed by atoms with Crippen LogP contribution in [0.25, 0.3) is 0 Å². The number of thiazole rings is 1. The molecular weight excluding hydrogens is 262 g/mol. The van der Waals surface area contributed by atoms with E-state index in [1.165, 1.54) is 0 Å². The van der Waals surface area contributed by atoms with Gasteiger partial charge in [0, 0.05) is 17.3 Å². The third-order valence-electron chi connectivity index (χ3n) is 2.60. The average molecular weight is 285 g/mol. The molecule has 18 heavy (non-hydrogen) atoms. The molecule has 5 heteroatoms. The van der Waals surface area contributed by atoms with Gasteiger partial charge in [0.05, 0.1) is 17.2 Å². The zero-order valence-electron chi connectivity index (χ0n) is 11.7. The minimum absolute atomic E-state index is 0.119. The predicted molar refractivity (Wildman–Crippen MR) is 83.2 cm³/mol. The van der Waals surface area contributed by atoms with Crippen molar-refractivity contribution in [2.24, 2.45) is 5.73 Å². The zero-order chi connectivity index (χ0) is 13.8. The Hall–Kier alpha value is -0.520. The molecule has 0 radical (unpaired) electrons. The van der Waals surface area contributed by atoms with Gasteiger partial charge in [-0.1, -0.05) is 39.9 Å². The van der Waals surface area contributed by atoms with Crippen LogP contribution in [0.5, 0.6) is 0 Å². The minimum Gasteiger partial charge on any atom is -0.392 e. The molecule has 0 atom stereocenters. The minimum atomic E-state index is 0.119. The van der Waals surface area contributed by atoms with Gasteiger partial charge in [0.1, 0.15) is 5.01 Å². The first kappa shape index (κ1) is 15.5. The summed E-state index contributed by atoms with van der Waals surface area (Å²) >= 11 is 6.71. The van der Waals surface area contributed by atoms with Crippen molar-refractivity contribution < 1.29 is 0 Å². The molecule has 3 nitrogen and oxygen atoms in total. The maximum Gasteiger partial charge on any atom is 0.107 e. The van der Waals surface area contributed by atoms with Crippen LogP contribution in [-0.2, 0) is 12.0 Å². The van der Waals surface area contributed by atoms with E-state index in [4.69, 9.17) is 22.9 Å². The Bertz CT molecular complexity index is 393. The third-order valence-corrected chi connectivity index (χ3v) is 3.56. The van der Waals surface area contributed by atoms with Gasteiger partial charge in [-0.2, -0.15) is 0 Å². The van der Waals surface area contributed by atoms with E-state index in [-0.39, 0.29) is 5.41 Å². The maximum absolute atomic E-state index is 5.62. The molecule has 0 aromatic carbocycles. The summed E-state index contributed by atoms with van der Waals surface area (Å²) in [6.07, 6.45) is 1.10. The summed E-state index contributed by atoms with van der Waals surface area (Å²) in [5, 5.41) is 3.30. The summed E-state index contributed by atoms with van der Waals surface area (Å²) < 4.78 is 0. The summed E-state index contributed by atoms with van der Waals surface area (Å²) in [5.41, 5.74) is 6.90. The molecule has 0 aliphatic rings. The second kappa shape index (κ2) is 6.59. The smallest absolute Gasteiger partial charge is 0.107 e. The highest BCUT2D eigenvalue weighted by Gasteiger charge is 2.18. The third kappa shape index (κ3) is 5.00. The van der Waals surface area contributed by atoms with Crippen molar-refractivity contribution >= 4 is 28.5 Å². The quantitative estimate of drug-likeness (QED) is 0.816. The van der Waals surface area contributed by atoms with Crippen molar-refractivity contribution in [3.05, 3.63) is 16.1 Å². The molecule has 0 saturated heterocycles. The Kier molecular flexibility index (Phi) is 5.69. The van der Waals surface area contributed by atoms with E-state index in [9.17, 15) is 0 Å². The van der Waals surface area contributed by atoms with E-state index in [0.29, 0.717) is 11.5 Å². The molecule has 1 heterocycles. The molecular formula is C13H23N3S2. The summed E-state index contributed by atoms with van der Waals surface area (Å²) in [5.74, 6) is 0. The molecule has 0 aliphatic heterocycles. The Balaban J connectivity index is 2.69. The van der Waals surface area contributed by atoms with E-state index in [2.05, 4.69) is 38.0 Å². The van der Waals surface area contributed by atoms with Gasteiger partial charge in [-0.15, -0.1) is 11.3 Å². The fourth-order valence-electron chi connectivity index (χ4n) is 1.67. The van der Waals surface area contributed by atoms with Gasteiger partial charge >= 0.3 is 0 Å². The van der Waals surface area contributed by atoms with Crippen LogP contribution >= 0.6 is 23.6 Å². The molecule has 0 spiro atoms. The topological polar surface area (TPSA) is 42.1 Å². The van der Waals surface area contributed by atoms with E-state index >= 15 is 0 Å². The standard InChI is InChI=1S/C13H23N3S2/c1-5-6-16(7-11(14)17)8-12-15-10(9-18-12)13(2,3)4/h9H,5-8H2,1-4H3,(H2,14,17). The van der Waals surface area contributed by atoms with E-state index in [1.54, 1.807) is 11.3 Å². The zero-order valence-corrected chi connectivity index (χ0v) is 13.3. The van der Waals surface area contributed by atoms with Crippen molar-refractivity contribution in [2.45, 2.75) is 46.1 Å². The molecule has 1 rings (SSSR count). The van der Waals surface area contributed by atoms with Crippen LogP contribution in [0.3, 0.4) is 0 Å². The SMILES string of the molecule is CCCN(CC(N)=S)Cc1nc(C(C)(C)C)cs1. The van der Waals surface area contributed by atoms with Crippen molar-refractivity contribution in [1.82, 2.24) is 9.88 Å². The van der Waals surface area contributed by atoms with Gasteiger partial charge < -0.3 is 5.73 Å². The molecule has 0 unspecified atom stereocenters. The highest BCUT2D eigenvalue weighted by Crippen LogP contribution is 2.24. The highest BCUT2D eigenvalue weighted by atomic mass is 32.1. The predicted octanol–water partition coefficient (Wildman–Crippen LogP) is 2.94. The van der Waals surface area contributed by atoms with Crippen LogP contribution < -0.4 is 5.73 Å². The molecule has 0 saturated carbocycles.